The fraction of sp³-hybridized carbons (Fsp3) is 0.167. The highest BCUT2D eigenvalue weighted by Gasteiger charge is 2.23. The van der Waals surface area contributed by atoms with Gasteiger partial charge >= 0.3 is 0 Å². The Labute approximate surface area is 99.1 Å². The summed E-state index contributed by atoms with van der Waals surface area (Å²) >= 11 is 0. The first-order chi connectivity index (χ1) is 8.24. The standard InChI is InChI=1S/C12H13N5/c13-11-9-6-17(8-4-2-1-3-5-8)7-10(9)15-12(14)16-11/h1-5H,6-7H2,(H4,13,14,15,16). The molecule has 4 N–H and O–H groups in total. The van der Waals surface area contributed by atoms with E-state index in [2.05, 4.69) is 27.0 Å². The van der Waals surface area contributed by atoms with Crippen LogP contribution in [0.1, 0.15) is 11.3 Å². The van der Waals surface area contributed by atoms with Crippen molar-refractivity contribution in [3.63, 3.8) is 0 Å². The first kappa shape index (κ1) is 9.89. The molecule has 2 aromatic rings. The minimum absolute atomic E-state index is 0.246. The average molecular weight is 227 g/mol. The van der Waals surface area contributed by atoms with E-state index in [1.165, 1.54) is 0 Å². The number of hydrogen-bond acceptors (Lipinski definition) is 5. The van der Waals surface area contributed by atoms with Gasteiger partial charge in [0.05, 0.1) is 12.2 Å². The lowest BCUT2D eigenvalue weighted by molar-refractivity contribution is 0.871. The quantitative estimate of drug-likeness (QED) is 0.764. The molecule has 3 rings (SSSR count). The molecule has 0 aliphatic carbocycles. The van der Waals surface area contributed by atoms with Crippen LogP contribution in [0.3, 0.4) is 0 Å². The fourth-order valence-electron chi connectivity index (χ4n) is 2.12. The first-order valence-corrected chi connectivity index (χ1v) is 5.45. The molecular formula is C12H13N5. The highest BCUT2D eigenvalue weighted by atomic mass is 15.2. The second kappa shape index (κ2) is 3.62. The maximum absolute atomic E-state index is 5.86. The predicted molar refractivity (Wildman–Crippen MR) is 67.2 cm³/mol. The molecule has 1 aromatic heterocycles. The van der Waals surface area contributed by atoms with Gasteiger partial charge in [0, 0.05) is 17.8 Å². The van der Waals surface area contributed by atoms with Gasteiger partial charge in [-0.15, -0.1) is 0 Å². The second-order valence-corrected chi connectivity index (χ2v) is 4.08. The van der Waals surface area contributed by atoms with Crippen LogP contribution in [0.4, 0.5) is 17.5 Å². The molecule has 17 heavy (non-hydrogen) atoms. The van der Waals surface area contributed by atoms with Gasteiger partial charge in [-0.05, 0) is 12.1 Å². The third-order valence-electron chi connectivity index (χ3n) is 2.95. The van der Waals surface area contributed by atoms with Crippen LogP contribution in [0.5, 0.6) is 0 Å². The lowest BCUT2D eigenvalue weighted by Gasteiger charge is -2.16. The molecule has 0 radical (unpaired) electrons. The van der Waals surface area contributed by atoms with Crippen LogP contribution in [-0.4, -0.2) is 9.97 Å². The molecule has 0 saturated heterocycles. The molecule has 1 aromatic carbocycles. The van der Waals surface area contributed by atoms with Crippen LogP contribution >= 0.6 is 0 Å². The van der Waals surface area contributed by atoms with Crippen molar-refractivity contribution >= 4 is 17.5 Å². The minimum Gasteiger partial charge on any atom is -0.383 e. The lowest BCUT2D eigenvalue weighted by Crippen LogP contribution is -2.14. The van der Waals surface area contributed by atoms with E-state index in [4.69, 9.17) is 11.5 Å². The Bertz CT molecular complexity index is 552. The molecule has 1 aliphatic rings. The molecule has 0 bridgehead atoms. The first-order valence-electron chi connectivity index (χ1n) is 5.45. The van der Waals surface area contributed by atoms with Crippen molar-refractivity contribution in [2.24, 2.45) is 0 Å². The second-order valence-electron chi connectivity index (χ2n) is 4.08. The Hall–Kier alpha value is -2.30. The minimum atomic E-state index is 0.246. The van der Waals surface area contributed by atoms with Crippen molar-refractivity contribution in [2.75, 3.05) is 16.4 Å². The van der Waals surface area contributed by atoms with Crippen LogP contribution in [0, 0.1) is 0 Å². The summed E-state index contributed by atoms with van der Waals surface area (Å²) in [6, 6.07) is 10.2. The average Bonchev–Trinajstić information content (AvgIpc) is 2.74. The topological polar surface area (TPSA) is 81.1 Å². The van der Waals surface area contributed by atoms with Crippen LogP contribution in [0.2, 0.25) is 0 Å². The normalized spacial score (nSPS) is 13.8. The molecule has 2 heterocycles. The lowest BCUT2D eigenvalue weighted by atomic mass is 10.2. The fourth-order valence-corrected chi connectivity index (χ4v) is 2.12. The predicted octanol–water partition coefficient (Wildman–Crippen LogP) is 1.16. The molecule has 1 aliphatic heterocycles. The summed E-state index contributed by atoms with van der Waals surface area (Å²) < 4.78 is 0. The Morgan fingerprint density at radius 3 is 2.53 bits per heavy atom. The van der Waals surface area contributed by atoms with Gasteiger partial charge in [0.2, 0.25) is 5.95 Å². The summed E-state index contributed by atoms with van der Waals surface area (Å²) in [4.78, 5) is 10.4. The number of nitrogens with two attached hydrogens (primary N) is 2. The Morgan fingerprint density at radius 2 is 1.76 bits per heavy atom. The number of nitrogens with zero attached hydrogens (tertiary/aromatic N) is 3. The number of hydrogen-bond donors (Lipinski definition) is 2. The van der Waals surface area contributed by atoms with Gasteiger partial charge in [-0.2, -0.15) is 4.98 Å². The van der Waals surface area contributed by atoms with Crippen molar-refractivity contribution in [2.45, 2.75) is 13.1 Å². The number of para-hydroxylation sites is 1. The van der Waals surface area contributed by atoms with Gasteiger partial charge in [-0.3, -0.25) is 0 Å². The van der Waals surface area contributed by atoms with E-state index >= 15 is 0 Å². The number of benzene rings is 1. The maximum atomic E-state index is 5.86. The van der Waals surface area contributed by atoms with Crippen molar-refractivity contribution in [3.8, 4) is 0 Å². The third kappa shape index (κ3) is 1.65. The van der Waals surface area contributed by atoms with Crippen LogP contribution in [0.25, 0.3) is 0 Å². The van der Waals surface area contributed by atoms with Crippen molar-refractivity contribution < 1.29 is 0 Å². The van der Waals surface area contributed by atoms with Crippen molar-refractivity contribution in [1.82, 2.24) is 9.97 Å². The van der Waals surface area contributed by atoms with E-state index in [9.17, 15) is 0 Å². The zero-order chi connectivity index (χ0) is 11.8. The number of nitrogen functional groups attached to an aromatic ring is 2. The number of aromatic nitrogens is 2. The highest BCUT2D eigenvalue weighted by molar-refractivity contribution is 5.56. The van der Waals surface area contributed by atoms with Gasteiger partial charge < -0.3 is 16.4 Å². The van der Waals surface area contributed by atoms with Crippen LogP contribution in [-0.2, 0) is 13.1 Å². The van der Waals surface area contributed by atoms with E-state index in [0.29, 0.717) is 5.82 Å². The molecule has 0 amide bonds. The SMILES string of the molecule is Nc1nc(N)c2c(n1)CN(c1ccccc1)C2. The molecule has 5 nitrogen and oxygen atoms in total. The summed E-state index contributed by atoms with van der Waals surface area (Å²) in [6.07, 6.45) is 0. The van der Waals surface area contributed by atoms with E-state index < -0.39 is 0 Å². The van der Waals surface area contributed by atoms with E-state index in [0.717, 1.165) is 30.0 Å². The summed E-state index contributed by atoms with van der Waals surface area (Å²) in [5, 5.41) is 0. The van der Waals surface area contributed by atoms with E-state index in [1.54, 1.807) is 0 Å². The zero-order valence-electron chi connectivity index (χ0n) is 9.30. The van der Waals surface area contributed by atoms with Crippen molar-refractivity contribution in [3.05, 3.63) is 41.6 Å². The Kier molecular flexibility index (Phi) is 2.11. The number of anilines is 3. The zero-order valence-corrected chi connectivity index (χ0v) is 9.30. The summed E-state index contributed by atoms with van der Waals surface area (Å²) in [5.41, 5.74) is 14.5. The molecular weight excluding hydrogens is 214 g/mol. The molecule has 0 atom stereocenters. The molecule has 5 heteroatoms. The molecule has 86 valence electrons. The summed E-state index contributed by atoms with van der Waals surface area (Å²) in [5.74, 6) is 0.738. The maximum Gasteiger partial charge on any atom is 0.222 e. The van der Waals surface area contributed by atoms with Gasteiger partial charge in [-0.25, -0.2) is 4.98 Å². The van der Waals surface area contributed by atoms with E-state index in [-0.39, 0.29) is 5.95 Å². The van der Waals surface area contributed by atoms with Gasteiger partial charge in [-0.1, -0.05) is 18.2 Å². The largest absolute Gasteiger partial charge is 0.383 e. The van der Waals surface area contributed by atoms with Gasteiger partial charge in [0.25, 0.3) is 0 Å². The third-order valence-corrected chi connectivity index (χ3v) is 2.95. The highest BCUT2D eigenvalue weighted by Crippen LogP contribution is 2.29. The monoisotopic (exact) mass is 227 g/mol. The molecule has 0 unspecified atom stereocenters. The van der Waals surface area contributed by atoms with Crippen LogP contribution < -0.4 is 16.4 Å². The van der Waals surface area contributed by atoms with Crippen molar-refractivity contribution in [1.29, 1.82) is 0 Å². The molecule has 0 saturated carbocycles. The number of rotatable bonds is 1. The summed E-state index contributed by atoms with van der Waals surface area (Å²) in [6.45, 7) is 1.47. The smallest absolute Gasteiger partial charge is 0.222 e. The Balaban J connectivity index is 1.96. The molecule has 0 fully saturated rings. The summed E-state index contributed by atoms with van der Waals surface area (Å²) in [7, 11) is 0. The number of fused-ring (bicyclic) bond motifs is 1. The van der Waals surface area contributed by atoms with Crippen LogP contribution in [0.15, 0.2) is 30.3 Å². The molecule has 0 spiro atoms. The Morgan fingerprint density at radius 1 is 1.00 bits per heavy atom. The van der Waals surface area contributed by atoms with Gasteiger partial charge in [0.1, 0.15) is 5.82 Å². The van der Waals surface area contributed by atoms with Gasteiger partial charge in [0.15, 0.2) is 0 Å². The van der Waals surface area contributed by atoms with E-state index in [1.807, 2.05) is 18.2 Å².